The number of halogens is 2. The second-order valence-corrected chi connectivity index (χ2v) is 5.03. The molecule has 1 aromatic rings. The van der Waals surface area contributed by atoms with E-state index in [0.29, 0.717) is 11.6 Å². The van der Waals surface area contributed by atoms with Crippen molar-refractivity contribution in [3.63, 3.8) is 0 Å². The number of fused-ring (bicyclic) bond motifs is 1. The minimum atomic E-state index is -2.38. The van der Waals surface area contributed by atoms with Crippen molar-refractivity contribution in [3.05, 3.63) is 28.8 Å². The van der Waals surface area contributed by atoms with Crippen molar-refractivity contribution in [2.45, 2.75) is 46.1 Å². The highest BCUT2D eigenvalue weighted by molar-refractivity contribution is 5.59. The summed E-state index contributed by atoms with van der Waals surface area (Å²) in [6.45, 7) is 6.96. The van der Waals surface area contributed by atoms with E-state index in [1.807, 2.05) is 6.07 Å². The molecule has 0 radical (unpaired) electrons. The van der Waals surface area contributed by atoms with E-state index in [0.717, 1.165) is 25.1 Å². The maximum atomic E-state index is 12.9. The molecule has 0 bridgehead atoms. The zero-order valence-corrected chi connectivity index (χ0v) is 10.6. The maximum absolute atomic E-state index is 12.9. The van der Waals surface area contributed by atoms with E-state index < -0.39 is 6.43 Å². The molecule has 1 nitrogen and oxygen atoms in total. The summed E-state index contributed by atoms with van der Waals surface area (Å²) in [4.78, 5) is 2.23. The monoisotopic (exact) mass is 239 g/mol. The molecule has 94 valence electrons. The number of nitrogens with zero attached hydrogens (tertiary/aromatic N) is 1. The van der Waals surface area contributed by atoms with Crippen molar-refractivity contribution in [1.29, 1.82) is 0 Å². The van der Waals surface area contributed by atoms with E-state index in [4.69, 9.17) is 0 Å². The summed E-state index contributed by atoms with van der Waals surface area (Å²) in [7, 11) is 0. The first-order chi connectivity index (χ1) is 8.00. The van der Waals surface area contributed by atoms with Crippen LogP contribution in [0.1, 0.15) is 43.4 Å². The lowest BCUT2D eigenvalue weighted by Gasteiger charge is -2.35. The van der Waals surface area contributed by atoms with Gasteiger partial charge in [-0.15, -0.1) is 0 Å². The van der Waals surface area contributed by atoms with Crippen molar-refractivity contribution in [2.75, 3.05) is 11.4 Å². The Kier molecular flexibility index (Phi) is 3.36. The van der Waals surface area contributed by atoms with E-state index >= 15 is 0 Å². The molecule has 1 heterocycles. The average Bonchev–Trinajstić information content (AvgIpc) is 2.26. The Morgan fingerprint density at radius 3 is 2.53 bits per heavy atom. The van der Waals surface area contributed by atoms with Crippen LogP contribution in [-0.2, 0) is 6.42 Å². The van der Waals surface area contributed by atoms with E-state index in [2.05, 4.69) is 18.7 Å². The molecule has 3 heteroatoms. The van der Waals surface area contributed by atoms with Crippen LogP contribution in [0.2, 0.25) is 0 Å². The van der Waals surface area contributed by atoms with E-state index in [-0.39, 0.29) is 5.56 Å². The van der Waals surface area contributed by atoms with E-state index in [1.54, 1.807) is 13.0 Å². The first-order valence-corrected chi connectivity index (χ1v) is 6.19. The molecule has 17 heavy (non-hydrogen) atoms. The molecule has 0 saturated carbocycles. The molecule has 1 aliphatic heterocycles. The number of aryl methyl sites for hydroxylation is 2. The molecule has 0 unspecified atom stereocenters. The van der Waals surface area contributed by atoms with Gasteiger partial charge in [0.2, 0.25) is 0 Å². The van der Waals surface area contributed by atoms with Crippen molar-refractivity contribution >= 4 is 5.69 Å². The van der Waals surface area contributed by atoms with Crippen LogP contribution in [-0.4, -0.2) is 12.6 Å². The van der Waals surface area contributed by atoms with Crippen LogP contribution in [0.3, 0.4) is 0 Å². The highest BCUT2D eigenvalue weighted by Gasteiger charge is 2.22. The molecular weight excluding hydrogens is 220 g/mol. The predicted octanol–water partition coefficient (Wildman–Crippen LogP) is 4.09. The Morgan fingerprint density at radius 2 is 1.94 bits per heavy atom. The lowest BCUT2D eigenvalue weighted by atomic mass is 9.95. The second kappa shape index (κ2) is 4.63. The van der Waals surface area contributed by atoms with Gasteiger partial charge >= 0.3 is 0 Å². The first-order valence-electron chi connectivity index (χ1n) is 6.19. The summed E-state index contributed by atoms with van der Waals surface area (Å²) in [5.74, 6) is 0. The quantitative estimate of drug-likeness (QED) is 0.751. The minimum Gasteiger partial charge on any atom is -0.369 e. The van der Waals surface area contributed by atoms with Crippen LogP contribution >= 0.6 is 0 Å². The molecule has 0 amide bonds. The summed E-state index contributed by atoms with van der Waals surface area (Å²) >= 11 is 0. The van der Waals surface area contributed by atoms with Gasteiger partial charge in [-0.3, -0.25) is 0 Å². The van der Waals surface area contributed by atoms with Gasteiger partial charge in [-0.05, 0) is 50.8 Å². The van der Waals surface area contributed by atoms with Gasteiger partial charge in [-0.1, -0.05) is 6.07 Å². The van der Waals surface area contributed by atoms with E-state index in [9.17, 15) is 8.78 Å². The van der Waals surface area contributed by atoms with Gasteiger partial charge in [0.05, 0.1) is 0 Å². The van der Waals surface area contributed by atoms with Crippen LogP contribution in [0.25, 0.3) is 0 Å². The smallest absolute Gasteiger partial charge is 0.264 e. The fourth-order valence-corrected chi connectivity index (χ4v) is 2.57. The molecule has 0 aromatic heterocycles. The fraction of sp³-hybridized carbons (Fsp3) is 0.571. The van der Waals surface area contributed by atoms with Gasteiger partial charge in [0, 0.05) is 23.8 Å². The standard InChI is InChI=1S/C14H19F2N/c1-9(2)17-6-4-5-11-7-10(3)12(14(15)16)8-13(11)17/h7-9,14H,4-6H2,1-3H3. The Bertz CT molecular complexity index is 413. The fourth-order valence-electron chi connectivity index (χ4n) is 2.57. The molecule has 0 aliphatic carbocycles. The SMILES string of the molecule is Cc1cc2c(cc1C(F)F)N(C(C)C)CCC2. The second-order valence-electron chi connectivity index (χ2n) is 5.03. The van der Waals surface area contributed by atoms with Crippen molar-refractivity contribution < 1.29 is 8.78 Å². The summed E-state index contributed by atoms with van der Waals surface area (Å²) in [6, 6.07) is 3.99. The van der Waals surface area contributed by atoms with Gasteiger partial charge in [-0.2, -0.15) is 0 Å². The van der Waals surface area contributed by atoms with Gasteiger partial charge in [-0.25, -0.2) is 8.78 Å². The largest absolute Gasteiger partial charge is 0.369 e. The number of alkyl halides is 2. The minimum absolute atomic E-state index is 0.177. The Hall–Kier alpha value is -1.12. The van der Waals surface area contributed by atoms with Crippen LogP contribution < -0.4 is 4.90 Å². The number of benzene rings is 1. The number of hydrogen-bond acceptors (Lipinski definition) is 1. The molecule has 0 N–H and O–H groups in total. The van der Waals surface area contributed by atoms with Gasteiger partial charge in [0.15, 0.2) is 0 Å². The third-order valence-corrected chi connectivity index (χ3v) is 3.48. The maximum Gasteiger partial charge on any atom is 0.264 e. The Morgan fingerprint density at radius 1 is 1.24 bits per heavy atom. The molecule has 0 fully saturated rings. The van der Waals surface area contributed by atoms with Crippen LogP contribution in [0.5, 0.6) is 0 Å². The molecular formula is C14H19F2N. The zero-order chi connectivity index (χ0) is 12.6. The molecule has 0 atom stereocenters. The van der Waals surface area contributed by atoms with Crippen molar-refractivity contribution in [3.8, 4) is 0 Å². The zero-order valence-electron chi connectivity index (χ0n) is 10.6. The summed E-state index contributed by atoms with van der Waals surface area (Å²) in [6.07, 6.45) is -0.266. The Balaban J connectivity index is 2.49. The van der Waals surface area contributed by atoms with Crippen LogP contribution in [0, 0.1) is 6.92 Å². The molecule has 1 aromatic carbocycles. The number of rotatable bonds is 2. The number of hydrogen-bond donors (Lipinski definition) is 0. The topological polar surface area (TPSA) is 3.24 Å². The molecule has 0 spiro atoms. The molecule has 0 saturated heterocycles. The van der Waals surface area contributed by atoms with Gasteiger partial charge < -0.3 is 4.90 Å². The summed E-state index contributed by atoms with van der Waals surface area (Å²) in [5, 5.41) is 0. The average molecular weight is 239 g/mol. The third kappa shape index (κ3) is 2.28. The predicted molar refractivity (Wildman–Crippen MR) is 66.9 cm³/mol. The van der Waals surface area contributed by atoms with Gasteiger partial charge in [0.25, 0.3) is 6.43 Å². The lowest BCUT2D eigenvalue weighted by molar-refractivity contribution is 0.150. The van der Waals surface area contributed by atoms with Crippen LogP contribution in [0.4, 0.5) is 14.5 Å². The third-order valence-electron chi connectivity index (χ3n) is 3.48. The van der Waals surface area contributed by atoms with Crippen LogP contribution in [0.15, 0.2) is 12.1 Å². The van der Waals surface area contributed by atoms with Crippen molar-refractivity contribution in [1.82, 2.24) is 0 Å². The highest BCUT2D eigenvalue weighted by atomic mass is 19.3. The Labute approximate surface area is 101 Å². The number of anilines is 1. The van der Waals surface area contributed by atoms with Gasteiger partial charge in [0.1, 0.15) is 0 Å². The lowest BCUT2D eigenvalue weighted by Crippen LogP contribution is -2.35. The summed E-state index contributed by atoms with van der Waals surface area (Å²) < 4.78 is 25.8. The van der Waals surface area contributed by atoms with E-state index in [1.165, 1.54) is 5.56 Å². The molecule has 1 aliphatic rings. The highest BCUT2D eigenvalue weighted by Crippen LogP contribution is 2.34. The normalized spacial score (nSPS) is 15.6. The summed E-state index contributed by atoms with van der Waals surface area (Å²) in [5.41, 5.74) is 3.11. The molecule has 2 rings (SSSR count). The van der Waals surface area contributed by atoms with Crippen molar-refractivity contribution in [2.24, 2.45) is 0 Å². The first kappa shape index (κ1) is 12.3.